The van der Waals surface area contributed by atoms with Gasteiger partial charge in [0, 0.05) is 4.85 Å². The molecule has 0 radical (unpaired) electrons. The molecule has 0 aliphatic rings. The standard InChI is InChI=1S/C8H4F2NO/c1-11-8(12)7-5(9)3-2-4-6(7)10/h1-4H/q+1. The van der Waals surface area contributed by atoms with Crippen LogP contribution in [0.25, 0.3) is 4.85 Å². The van der Waals surface area contributed by atoms with Crippen molar-refractivity contribution in [3.63, 3.8) is 0 Å². The van der Waals surface area contributed by atoms with Crippen LogP contribution in [0.5, 0.6) is 0 Å². The molecule has 12 heavy (non-hydrogen) atoms. The number of hydrogen-bond donors (Lipinski definition) is 0. The second-order valence-corrected chi connectivity index (χ2v) is 2.03. The lowest BCUT2D eigenvalue weighted by Crippen LogP contribution is -2.00. The molecule has 1 rings (SSSR count). The molecular formula is C8H4F2NO+. The first-order valence-corrected chi connectivity index (χ1v) is 3.06. The number of halogens is 2. The van der Waals surface area contributed by atoms with Gasteiger partial charge in [-0.1, -0.05) is 6.07 Å². The van der Waals surface area contributed by atoms with Gasteiger partial charge in [0.15, 0.2) is 5.56 Å². The van der Waals surface area contributed by atoms with E-state index in [2.05, 4.69) is 11.4 Å². The minimum atomic E-state index is -1.11. The van der Waals surface area contributed by atoms with Crippen LogP contribution in [0, 0.1) is 18.2 Å². The summed E-state index contributed by atoms with van der Waals surface area (Å²) < 4.78 is 25.4. The molecule has 2 nitrogen and oxygen atoms in total. The average Bonchev–Trinajstić information content (AvgIpc) is 2.03. The van der Waals surface area contributed by atoms with Crippen LogP contribution in [0.4, 0.5) is 8.78 Å². The van der Waals surface area contributed by atoms with Gasteiger partial charge in [0.05, 0.1) is 0 Å². The molecule has 0 atom stereocenters. The van der Waals surface area contributed by atoms with Crippen molar-refractivity contribution in [3.8, 4) is 6.57 Å². The molecule has 0 spiro atoms. The van der Waals surface area contributed by atoms with Crippen LogP contribution in [-0.4, -0.2) is 5.91 Å². The Morgan fingerprint density at radius 2 is 1.83 bits per heavy atom. The predicted octanol–water partition coefficient (Wildman–Crippen LogP) is 2.07. The summed E-state index contributed by atoms with van der Waals surface area (Å²) in [5.41, 5.74) is -0.722. The maximum Gasteiger partial charge on any atom is 0.553 e. The van der Waals surface area contributed by atoms with Gasteiger partial charge in [-0.2, -0.15) is 4.79 Å². The topological polar surface area (TPSA) is 21.4 Å². The fraction of sp³-hybridized carbons (Fsp3) is 0. The van der Waals surface area contributed by atoms with Crippen LogP contribution in [0.15, 0.2) is 18.2 Å². The highest BCUT2D eigenvalue weighted by Gasteiger charge is 2.24. The van der Waals surface area contributed by atoms with Gasteiger partial charge in [-0.25, -0.2) is 8.78 Å². The van der Waals surface area contributed by atoms with Crippen molar-refractivity contribution in [3.05, 3.63) is 40.2 Å². The number of rotatable bonds is 1. The van der Waals surface area contributed by atoms with Gasteiger partial charge >= 0.3 is 5.91 Å². The van der Waals surface area contributed by atoms with Crippen LogP contribution in [0.1, 0.15) is 10.4 Å². The first kappa shape index (κ1) is 8.34. The van der Waals surface area contributed by atoms with E-state index in [1.165, 1.54) is 0 Å². The number of carbonyl (C=O) groups excluding carboxylic acids is 1. The SMILES string of the molecule is C#[N+]C(=O)c1c(F)cccc1F. The summed E-state index contributed by atoms with van der Waals surface area (Å²) >= 11 is 0. The van der Waals surface area contributed by atoms with Crippen LogP contribution < -0.4 is 0 Å². The van der Waals surface area contributed by atoms with E-state index < -0.39 is 23.1 Å². The van der Waals surface area contributed by atoms with Gasteiger partial charge in [0.25, 0.3) is 6.57 Å². The van der Waals surface area contributed by atoms with Gasteiger partial charge < -0.3 is 0 Å². The first-order valence-electron chi connectivity index (χ1n) is 3.06. The monoisotopic (exact) mass is 168 g/mol. The normalized spacial score (nSPS) is 9.08. The lowest BCUT2D eigenvalue weighted by atomic mass is 10.2. The van der Waals surface area contributed by atoms with Crippen molar-refractivity contribution in [2.24, 2.45) is 0 Å². The Bertz CT molecular complexity index is 348. The van der Waals surface area contributed by atoms with E-state index >= 15 is 0 Å². The number of benzene rings is 1. The van der Waals surface area contributed by atoms with E-state index in [0.717, 1.165) is 18.2 Å². The second kappa shape index (κ2) is 3.09. The Morgan fingerprint density at radius 1 is 1.33 bits per heavy atom. The lowest BCUT2D eigenvalue weighted by molar-refractivity contribution is 0.103. The molecule has 4 heteroatoms. The van der Waals surface area contributed by atoms with E-state index in [0.29, 0.717) is 0 Å². The highest BCUT2D eigenvalue weighted by molar-refractivity contribution is 6.02. The maximum atomic E-state index is 12.7. The predicted molar refractivity (Wildman–Crippen MR) is 39.0 cm³/mol. The molecule has 1 aromatic carbocycles. The first-order chi connectivity index (χ1) is 5.66. The Kier molecular flexibility index (Phi) is 2.15. The van der Waals surface area contributed by atoms with Crippen LogP contribution in [0.3, 0.4) is 0 Å². The highest BCUT2D eigenvalue weighted by Crippen LogP contribution is 2.12. The fourth-order valence-corrected chi connectivity index (χ4v) is 0.767. The summed E-state index contributed by atoms with van der Waals surface area (Å²) in [4.78, 5) is 13.3. The van der Waals surface area contributed by atoms with Crippen molar-refractivity contribution >= 4 is 5.91 Å². The van der Waals surface area contributed by atoms with Crippen LogP contribution >= 0.6 is 0 Å². The van der Waals surface area contributed by atoms with Gasteiger partial charge in [0.1, 0.15) is 11.6 Å². The van der Waals surface area contributed by atoms with Crippen molar-refractivity contribution in [1.29, 1.82) is 0 Å². The van der Waals surface area contributed by atoms with E-state index in [-0.39, 0.29) is 0 Å². The summed E-state index contributed by atoms with van der Waals surface area (Å²) in [6, 6.07) is 3.07. The van der Waals surface area contributed by atoms with Gasteiger partial charge in [-0.05, 0) is 12.1 Å². The molecule has 0 unspecified atom stereocenters. The third kappa shape index (κ3) is 1.30. The fourth-order valence-electron chi connectivity index (χ4n) is 0.767. The molecule has 0 saturated carbocycles. The van der Waals surface area contributed by atoms with E-state index in [9.17, 15) is 13.6 Å². The zero-order chi connectivity index (χ0) is 9.14. The van der Waals surface area contributed by atoms with Crippen molar-refractivity contribution < 1.29 is 13.6 Å². The molecule has 0 aromatic heterocycles. The molecule has 0 heterocycles. The Balaban J connectivity index is 3.33. The quantitative estimate of drug-likeness (QED) is 0.628. The lowest BCUT2D eigenvalue weighted by Gasteiger charge is -1.91. The van der Waals surface area contributed by atoms with Crippen LogP contribution in [0.2, 0.25) is 0 Å². The number of carbonyl (C=O) groups is 1. The average molecular weight is 168 g/mol. The van der Waals surface area contributed by atoms with Gasteiger partial charge in [0.2, 0.25) is 0 Å². The van der Waals surface area contributed by atoms with Crippen molar-refractivity contribution in [2.45, 2.75) is 0 Å². The zero-order valence-corrected chi connectivity index (χ0v) is 5.92. The van der Waals surface area contributed by atoms with Crippen LogP contribution in [-0.2, 0) is 0 Å². The Labute approximate surface area is 67.3 Å². The maximum absolute atomic E-state index is 12.7. The molecule has 0 bridgehead atoms. The smallest absolute Gasteiger partial charge is 0.206 e. The van der Waals surface area contributed by atoms with E-state index in [1.807, 2.05) is 0 Å². The number of nitrogens with zero attached hydrogens (tertiary/aromatic N) is 1. The molecule has 1 aromatic rings. The van der Waals surface area contributed by atoms with Crippen molar-refractivity contribution in [1.82, 2.24) is 0 Å². The second-order valence-electron chi connectivity index (χ2n) is 2.03. The molecule has 0 N–H and O–H groups in total. The third-order valence-corrected chi connectivity index (χ3v) is 1.29. The molecule has 0 saturated heterocycles. The molecule has 0 aliphatic carbocycles. The Morgan fingerprint density at radius 3 is 2.25 bits per heavy atom. The highest BCUT2D eigenvalue weighted by atomic mass is 19.1. The minimum absolute atomic E-state index is 0.722. The molecule has 60 valence electrons. The molecule has 0 aliphatic heterocycles. The molecular weight excluding hydrogens is 164 g/mol. The minimum Gasteiger partial charge on any atom is -0.206 e. The number of amides is 1. The van der Waals surface area contributed by atoms with Gasteiger partial charge in [-0.15, -0.1) is 0 Å². The summed E-state index contributed by atoms with van der Waals surface area (Å²) in [5, 5.41) is 0. The number of hydrogen-bond acceptors (Lipinski definition) is 1. The van der Waals surface area contributed by atoms with Gasteiger partial charge in [-0.3, -0.25) is 0 Å². The summed E-state index contributed by atoms with van der Waals surface area (Å²) in [5.74, 6) is -3.03. The molecule has 1 amide bonds. The van der Waals surface area contributed by atoms with Crippen molar-refractivity contribution in [2.75, 3.05) is 0 Å². The summed E-state index contributed by atoms with van der Waals surface area (Å²) in [6.45, 7) is 4.58. The van der Waals surface area contributed by atoms with E-state index in [1.54, 1.807) is 0 Å². The van der Waals surface area contributed by atoms with E-state index in [4.69, 9.17) is 0 Å². The third-order valence-electron chi connectivity index (χ3n) is 1.29. The Hall–Kier alpha value is -1.76. The summed E-state index contributed by atoms with van der Waals surface area (Å²) in [7, 11) is 0. The molecule has 0 fully saturated rings. The largest absolute Gasteiger partial charge is 0.553 e. The summed E-state index contributed by atoms with van der Waals surface area (Å²) in [6.07, 6.45) is 0. The zero-order valence-electron chi connectivity index (χ0n) is 5.92.